The Kier molecular flexibility index (Phi) is 5.16. The van der Waals surface area contributed by atoms with Crippen molar-refractivity contribution in [2.45, 2.75) is 51.1 Å². The van der Waals surface area contributed by atoms with E-state index in [1.165, 1.54) is 6.42 Å². The van der Waals surface area contributed by atoms with Gasteiger partial charge in [-0.3, -0.25) is 4.79 Å². The number of aryl methyl sites for hydroxylation is 1. The fourth-order valence-electron chi connectivity index (χ4n) is 2.34. The monoisotopic (exact) mass is 272 g/mol. The van der Waals surface area contributed by atoms with Gasteiger partial charge < -0.3 is 11.1 Å². The Labute approximate surface area is 114 Å². The van der Waals surface area contributed by atoms with Gasteiger partial charge in [-0.1, -0.05) is 19.3 Å². The number of nitrogens with zero attached hydrogens (tertiary/aromatic N) is 2. The largest absolute Gasteiger partial charge is 0.317 e. The van der Waals surface area contributed by atoms with Crippen LogP contribution in [-0.2, 0) is 11.3 Å². The first-order valence-corrected chi connectivity index (χ1v) is 6.28. The Morgan fingerprint density at radius 1 is 1.50 bits per heavy atom. The molecule has 0 bridgehead atoms. The smallest absolute Gasteiger partial charge is 0.245 e. The molecule has 102 valence electrons. The zero-order valence-electron chi connectivity index (χ0n) is 10.7. The van der Waals surface area contributed by atoms with Crippen LogP contribution in [0.4, 0.5) is 5.82 Å². The van der Waals surface area contributed by atoms with Crippen molar-refractivity contribution in [2.75, 3.05) is 5.32 Å². The first-order chi connectivity index (χ1) is 8.15. The van der Waals surface area contributed by atoms with Gasteiger partial charge in [0.25, 0.3) is 0 Å². The number of anilines is 1. The van der Waals surface area contributed by atoms with E-state index in [1.54, 1.807) is 16.9 Å². The highest BCUT2D eigenvalue weighted by Gasteiger charge is 2.35. The van der Waals surface area contributed by atoms with Crippen molar-refractivity contribution in [3.8, 4) is 0 Å². The third kappa shape index (κ3) is 3.03. The van der Waals surface area contributed by atoms with E-state index in [-0.39, 0.29) is 18.3 Å². The van der Waals surface area contributed by atoms with E-state index in [2.05, 4.69) is 10.4 Å². The summed E-state index contributed by atoms with van der Waals surface area (Å²) in [7, 11) is 0. The zero-order chi connectivity index (χ0) is 12.3. The first kappa shape index (κ1) is 15.0. The molecule has 0 aliphatic heterocycles. The summed E-state index contributed by atoms with van der Waals surface area (Å²) in [5.41, 5.74) is 5.48. The SMILES string of the molecule is CCn1nccc1NC(=O)C1(N)CCCCC1.Cl. The van der Waals surface area contributed by atoms with Gasteiger partial charge in [-0.05, 0) is 19.8 Å². The second-order valence-electron chi connectivity index (χ2n) is 4.70. The Balaban J connectivity index is 0.00000162. The van der Waals surface area contributed by atoms with Crippen LogP contribution in [0.1, 0.15) is 39.0 Å². The second kappa shape index (κ2) is 6.20. The molecular weight excluding hydrogens is 252 g/mol. The standard InChI is InChI=1S/C12H20N4O.ClH/c1-2-16-10(6-9-14-16)15-11(17)12(13)7-4-3-5-8-12;/h6,9H,2-5,7-8,13H2,1H3,(H,15,17);1H. The van der Waals surface area contributed by atoms with Gasteiger partial charge in [0.05, 0.1) is 11.7 Å². The van der Waals surface area contributed by atoms with Gasteiger partial charge in [-0.15, -0.1) is 12.4 Å². The number of nitrogens with two attached hydrogens (primary N) is 1. The van der Waals surface area contributed by atoms with Crippen LogP contribution in [0.5, 0.6) is 0 Å². The van der Waals surface area contributed by atoms with Gasteiger partial charge in [0.2, 0.25) is 5.91 Å². The van der Waals surface area contributed by atoms with E-state index in [0.29, 0.717) is 0 Å². The molecule has 1 heterocycles. The minimum Gasteiger partial charge on any atom is -0.317 e. The van der Waals surface area contributed by atoms with Crippen molar-refractivity contribution in [1.82, 2.24) is 9.78 Å². The quantitative estimate of drug-likeness (QED) is 0.883. The number of rotatable bonds is 3. The maximum absolute atomic E-state index is 12.2. The van der Waals surface area contributed by atoms with Crippen molar-refractivity contribution in [1.29, 1.82) is 0 Å². The molecule has 18 heavy (non-hydrogen) atoms. The first-order valence-electron chi connectivity index (χ1n) is 6.28. The second-order valence-corrected chi connectivity index (χ2v) is 4.70. The number of hydrogen-bond acceptors (Lipinski definition) is 3. The minimum atomic E-state index is -0.693. The summed E-state index contributed by atoms with van der Waals surface area (Å²) in [6.07, 6.45) is 6.49. The molecule has 1 aliphatic carbocycles. The van der Waals surface area contributed by atoms with Crippen LogP contribution in [0.2, 0.25) is 0 Å². The van der Waals surface area contributed by atoms with E-state index in [1.807, 2.05) is 6.92 Å². The van der Waals surface area contributed by atoms with E-state index < -0.39 is 5.54 Å². The van der Waals surface area contributed by atoms with Gasteiger partial charge in [0, 0.05) is 12.6 Å². The molecule has 0 atom stereocenters. The molecule has 5 nitrogen and oxygen atoms in total. The van der Waals surface area contributed by atoms with E-state index in [9.17, 15) is 4.79 Å². The molecule has 0 spiro atoms. The average Bonchev–Trinajstić information content (AvgIpc) is 2.77. The third-order valence-electron chi connectivity index (χ3n) is 3.46. The molecule has 0 radical (unpaired) electrons. The maximum atomic E-state index is 12.2. The number of carbonyl (C=O) groups is 1. The molecule has 2 rings (SSSR count). The lowest BCUT2D eigenvalue weighted by Gasteiger charge is -2.31. The Morgan fingerprint density at radius 3 is 2.78 bits per heavy atom. The van der Waals surface area contributed by atoms with E-state index in [4.69, 9.17) is 5.73 Å². The lowest BCUT2D eigenvalue weighted by atomic mass is 9.82. The van der Waals surface area contributed by atoms with Gasteiger partial charge in [0.15, 0.2) is 0 Å². The van der Waals surface area contributed by atoms with Crippen LogP contribution < -0.4 is 11.1 Å². The molecule has 3 N–H and O–H groups in total. The third-order valence-corrected chi connectivity index (χ3v) is 3.46. The molecule has 0 aromatic carbocycles. The fraction of sp³-hybridized carbons (Fsp3) is 0.667. The minimum absolute atomic E-state index is 0. The maximum Gasteiger partial charge on any atom is 0.245 e. The number of carbonyl (C=O) groups excluding carboxylic acids is 1. The topological polar surface area (TPSA) is 72.9 Å². The van der Waals surface area contributed by atoms with Crippen LogP contribution in [0, 0.1) is 0 Å². The number of aromatic nitrogens is 2. The normalized spacial score (nSPS) is 17.9. The zero-order valence-corrected chi connectivity index (χ0v) is 11.5. The summed E-state index contributed by atoms with van der Waals surface area (Å²) in [5.74, 6) is 0.653. The fourth-order valence-corrected chi connectivity index (χ4v) is 2.34. The molecule has 1 aromatic heterocycles. The highest BCUT2D eigenvalue weighted by atomic mass is 35.5. The summed E-state index contributed by atoms with van der Waals surface area (Å²) in [6.45, 7) is 2.72. The summed E-state index contributed by atoms with van der Waals surface area (Å²) in [5, 5.41) is 7.00. The Hall–Kier alpha value is -1.07. The summed E-state index contributed by atoms with van der Waals surface area (Å²) in [4.78, 5) is 12.2. The predicted molar refractivity (Wildman–Crippen MR) is 73.8 cm³/mol. The van der Waals surface area contributed by atoms with Crippen LogP contribution in [-0.4, -0.2) is 21.2 Å². The molecule has 1 aliphatic rings. The van der Waals surface area contributed by atoms with Crippen LogP contribution in [0.15, 0.2) is 12.3 Å². The Morgan fingerprint density at radius 2 is 2.17 bits per heavy atom. The van der Waals surface area contributed by atoms with E-state index >= 15 is 0 Å². The van der Waals surface area contributed by atoms with Gasteiger partial charge in [-0.25, -0.2) is 4.68 Å². The predicted octanol–water partition coefficient (Wildman–Crippen LogP) is 1.92. The van der Waals surface area contributed by atoms with Crippen molar-refractivity contribution < 1.29 is 4.79 Å². The highest BCUT2D eigenvalue weighted by molar-refractivity contribution is 5.97. The molecule has 1 saturated carbocycles. The molecule has 1 aromatic rings. The lowest BCUT2D eigenvalue weighted by molar-refractivity contribution is -0.122. The molecule has 0 unspecified atom stereocenters. The summed E-state index contributed by atoms with van der Waals surface area (Å²) >= 11 is 0. The molecular formula is C12H21ClN4O. The van der Waals surface area contributed by atoms with E-state index in [0.717, 1.165) is 38.0 Å². The van der Waals surface area contributed by atoms with Crippen LogP contribution in [0.3, 0.4) is 0 Å². The summed E-state index contributed by atoms with van der Waals surface area (Å²) in [6, 6.07) is 1.80. The average molecular weight is 273 g/mol. The van der Waals surface area contributed by atoms with Crippen molar-refractivity contribution in [3.63, 3.8) is 0 Å². The van der Waals surface area contributed by atoms with Gasteiger partial charge >= 0.3 is 0 Å². The van der Waals surface area contributed by atoms with Gasteiger partial charge in [0.1, 0.15) is 5.82 Å². The van der Waals surface area contributed by atoms with Crippen LogP contribution >= 0.6 is 12.4 Å². The van der Waals surface area contributed by atoms with Crippen molar-refractivity contribution in [2.24, 2.45) is 5.73 Å². The number of amides is 1. The van der Waals surface area contributed by atoms with Crippen molar-refractivity contribution in [3.05, 3.63) is 12.3 Å². The lowest BCUT2D eigenvalue weighted by Crippen LogP contribution is -2.52. The Bertz CT molecular complexity index is 399. The number of nitrogens with one attached hydrogen (secondary N) is 1. The summed E-state index contributed by atoms with van der Waals surface area (Å²) < 4.78 is 1.75. The molecule has 0 saturated heterocycles. The molecule has 1 amide bonds. The molecule has 6 heteroatoms. The number of halogens is 1. The van der Waals surface area contributed by atoms with Crippen molar-refractivity contribution >= 4 is 24.1 Å². The number of hydrogen-bond donors (Lipinski definition) is 2. The molecule has 1 fully saturated rings. The van der Waals surface area contributed by atoms with Gasteiger partial charge in [-0.2, -0.15) is 5.10 Å². The highest BCUT2D eigenvalue weighted by Crippen LogP contribution is 2.27. The van der Waals surface area contributed by atoms with Crippen LogP contribution in [0.25, 0.3) is 0 Å².